The molecule has 0 aromatic heterocycles. The third-order valence-corrected chi connectivity index (χ3v) is 4.34. The average Bonchev–Trinajstić information content (AvgIpc) is 2.73. The summed E-state index contributed by atoms with van der Waals surface area (Å²) in [5.41, 5.74) is 6.33. The standard InChI is InChI=1S/C24H35N3O/c1-17(14-24(5,6)7)13-22-12-11-21(10-9-18(22)2)16-26-23(28)20(4)27-19(3)15-25-8/h10-12,15H,1,8-9,13-14,16H2,2-7H3,(H,26,28)/b19-15+,27-20?. The Bertz CT molecular complexity index is 768. The molecule has 1 aliphatic rings. The molecule has 0 aromatic rings. The van der Waals surface area contributed by atoms with Crippen LogP contribution in [-0.4, -0.2) is 24.9 Å². The highest BCUT2D eigenvalue weighted by atomic mass is 16.1. The second-order valence-corrected chi connectivity index (χ2v) is 8.62. The van der Waals surface area contributed by atoms with Crippen LogP contribution in [0.1, 0.15) is 60.8 Å². The minimum Gasteiger partial charge on any atom is -0.347 e. The molecule has 0 aliphatic heterocycles. The van der Waals surface area contributed by atoms with Crippen LogP contribution in [0.25, 0.3) is 0 Å². The van der Waals surface area contributed by atoms with Gasteiger partial charge in [-0.25, -0.2) is 0 Å². The molecule has 0 aromatic carbocycles. The lowest BCUT2D eigenvalue weighted by molar-refractivity contribution is -0.114. The van der Waals surface area contributed by atoms with Crippen LogP contribution in [0.15, 0.2) is 69.0 Å². The van der Waals surface area contributed by atoms with Crippen molar-refractivity contribution in [1.82, 2.24) is 5.32 Å². The molecule has 0 atom stereocenters. The summed E-state index contributed by atoms with van der Waals surface area (Å²) in [6.07, 6.45) is 10.8. The van der Waals surface area contributed by atoms with Crippen LogP contribution >= 0.6 is 0 Å². The summed E-state index contributed by atoms with van der Waals surface area (Å²) in [4.78, 5) is 20.1. The van der Waals surface area contributed by atoms with E-state index >= 15 is 0 Å². The van der Waals surface area contributed by atoms with Crippen molar-refractivity contribution in [3.8, 4) is 0 Å². The van der Waals surface area contributed by atoms with Crippen LogP contribution in [0.5, 0.6) is 0 Å². The number of aliphatic imine (C=N–C) groups is 2. The number of hydrogen-bond acceptors (Lipinski definition) is 3. The second kappa shape index (κ2) is 10.7. The van der Waals surface area contributed by atoms with Crippen LogP contribution in [0.2, 0.25) is 0 Å². The van der Waals surface area contributed by atoms with Crippen LogP contribution in [-0.2, 0) is 4.79 Å². The van der Waals surface area contributed by atoms with Crippen molar-refractivity contribution >= 4 is 18.3 Å². The van der Waals surface area contributed by atoms with Gasteiger partial charge in [0.15, 0.2) is 0 Å². The summed E-state index contributed by atoms with van der Waals surface area (Å²) in [7, 11) is 0. The van der Waals surface area contributed by atoms with E-state index in [1.807, 2.05) is 0 Å². The molecule has 1 amide bonds. The van der Waals surface area contributed by atoms with Crippen molar-refractivity contribution in [2.45, 2.75) is 60.8 Å². The third-order valence-electron chi connectivity index (χ3n) is 4.34. The number of amides is 1. The maximum atomic E-state index is 12.2. The van der Waals surface area contributed by atoms with Gasteiger partial charge in [-0.05, 0) is 63.3 Å². The van der Waals surface area contributed by atoms with Gasteiger partial charge in [0, 0.05) is 12.7 Å². The molecule has 0 heterocycles. The fraction of sp³-hybridized carbons (Fsp3) is 0.458. The van der Waals surface area contributed by atoms with Crippen molar-refractivity contribution < 1.29 is 4.79 Å². The summed E-state index contributed by atoms with van der Waals surface area (Å²) >= 11 is 0. The highest BCUT2D eigenvalue weighted by molar-refractivity contribution is 6.38. The topological polar surface area (TPSA) is 53.8 Å². The molecular weight excluding hydrogens is 346 g/mol. The van der Waals surface area contributed by atoms with Gasteiger partial charge in [0.1, 0.15) is 5.71 Å². The van der Waals surface area contributed by atoms with Gasteiger partial charge in [0.05, 0.1) is 5.70 Å². The molecule has 0 spiro atoms. The van der Waals surface area contributed by atoms with Gasteiger partial charge in [-0.2, -0.15) is 0 Å². The van der Waals surface area contributed by atoms with Gasteiger partial charge in [0.2, 0.25) is 0 Å². The van der Waals surface area contributed by atoms with Gasteiger partial charge in [-0.1, -0.05) is 56.7 Å². The van der Waals surface area contributed by atoms with Crippen molar-refractivity contribution in [1.29, 1.82) is 0 Å². The van der Waals surface area contributed by atoms with Crippen LogP contribution in [0, 0.1) is 5.41 Å². The number of nitrogens with one attached hydrogen (secondary N) is 1. The van der Waals surface area contributed by atoms with Gasteiger partial charge < -0.3 is 5.32 Å². The number of nitrogens with zero attached hydrogens (tertiary/aromatic N) is 2. The molecule has 1 aliphatic carbocycles. The first-order valence-electron chi connectivity index (χ1n) is 9.70. The molecule has 4 nitrogen and oxygen atoms in total. The molecule has 0 saturated carbocycles. The molecule has 1 N–H and O–H groups in total. The molecule has 0 saturated heterocycles. The van der Waals surface area contributed by atoms with Gasteiger partial charge >= 0.3 is 0 Å². The van der Waals surface area contributed by atoms with Crippen molar-refractivity contribution in [2.24, 2.45) is 15.4 Å². The number of allylic oxidation sites excluding steroid dienone is 6. The molecule has 0 radical (unpaired) electrons. The Labute approximate surface area is 170 Å². The fourth-order valence-electron chi connectivity index (χ4n) is 3.04. The highest BCUT2D eigenvalue weighted by Crippen LogP contribution is 2.29. The SMILES string of the molecule is C=N/C=C(\C)N=C(C)C(=O)NCC1=CCC(C)=C(CC(=C)CC(C)(C)C)C=C1. The summed E-state index contributed by atoms with van der Waals surface area (Å²) in [5.74, 6) is -0.182. The van der Waals surface area contributed by atoms with E-state index in [0.29, 0.717) is 18.0 Å². The Balaban J connectivity index is 2.68. The zero-order valence-electron chi connectivity index (χ0n) is 18.4. The Kier molecular flexibility index (Phi) is 9.04. The van der Waals surface area contributed by atoms with E-state index < -0.39 is 0 Å². The van der Waals surface area contributed by atoms with E-state index in [-0.39, 0.29) is 11.3 Å². The van der Waals surface area contributed by atoms with Crippen LogP contribution < -0.4 is 5.32 Å². The van der Waals surface area contributed by atoms with Gasteiger partial charge in [-0.15, -0.1) is 0 Å². The Morgan fingerprint density at radius 3 is 2.57 bits per heavy atom. The van der Waals surface area contributed by atoms with Crippen molar-refractivity contribution in [3.05, 3.63) is 59.0 Å². The number of hydrogen-bond donors (Lipinski definition) is 1. The zero-order chi connectivity index (χ0) is 21.3. The predicted molar refractivity (Wildman–Crippen MR) is 122 cm³/mol. The quantitative estimate of drug-likeness (QED) is 0.425. The Morgan fingerprint density at radius 1 is 1.29 bits per heavy atom. The molecule has 28 heavy (non-hydrogen) atoms. The van der Waals surface area contributed by atoms with E-state index in [9.17, 15) is 4.79 Å². The first-order valence-corrected chi connectivity index (χ1v) is 9.70. The molecule has 4 heteroatoms. The summed E-state index contributed by atoms with van der Waals surface area (Å²) in [6, 6.07) is 0. The van der Waals surface area contributed by atoms with E-state index in [2.05, 4.69) is 74.5 Å². The molecule has 0 unspecified atom stereocenters. The van der Waals surface area contributed by atoms with E-state index in [4.69, 9.17) is 0 Å². The lowest BCUT2D eigenvalue weighted by Gasteiger charge is -2.20. The lowest BCUT2D eigenvalue weighted by atomic mass is 9.85. The van der Waals surface area contributed by atoms with E-state index in [1.54, 1.807) is 13.8 Å². The minimum absolute atomic E-state index is 0.182. The molecule has 0 bridgehead atoms. The number of rotatable bonds is 8. The first-order chi connectivity index (χ1) is 13.0. The average molecular weight is 382 g/mol. The Hall–Kier alpha value is -2.49. The number of carbonyl (C=O) groups is 1. The summed E-state index contributed by atoms with van der Waals surface area (Å²) < 4.78 is 0. The van der Waals surface area contributed by atoms with Crippen molar-refractivity contribution in [3.63, 3.8) is 0 Å². The van der Waals surface area contributed by atoms with Crippen LogP contribution in [0.3, 0.4) is 0 Å². The van der Waals surface area contributed by atoms with E-state index in [1.165, 1.54) is 22.9 Å². The monoisotopic (exact) mass is 381 g/mol. The third kappa shape index (κ3) is 8.94. The molecular formula is C24H35N3O. The molecule has 0 fully saturated rings. The zero-order valence-corrected chi connectivity index (χ0v) is 18.4. The predicted octanol–water partition coefficient (Wildman–Crippen LogP) is 5.71. The summed E-state index contributed by atoms with van der Waals surface area (Å²) in [6.45, 7) is 20.5. The molecule has 1 rings (SSSR count). The van der Waals surface area contributed by atoms with Crippen molar-refractivity contribution in [2.75, 3.05) is 6.54 Å². The normalized spacial score (nSPS) is 15.9. The van der Waals surface area contributed by atoms with Gasteiger partial charge in [0.25, 0.3) is 5.91 Å². The lowest BCUT2D eigenvalue weighted by Crippen LogP contribution is -2.30. The molecule has 152 valence electrons. The fourth-order valence-corrected chi connectivity index (χ4v) is 3.04. The summed E-state index contributed by atoms with van der Waals surface area (Å²) in [5, 5.41) is 2.93. The second-order valence-electron chi connectivity index (χ2n) is 8.62. The van der Waals surface area contributed by atoms with E-state index in [0.717, 1.165) is 24.8 Å². The maximum Gasteiger partial charge on any atom is 0.265 e. The smallest absolute Gasteiger partial charge is 0.265 e. The maximum absolute atomic E-state index is 12.2. The largest absolute Gasteiger partial charge is 0.347 e. The Morgan fingerprint density at radius 2 is 1.96 bits per heavy atom. The first kappa shape index (κ1) is 23.5. The van der Waals surface area contributed by atoms with Crippen LogP contribution in [0.4, 0.5) is 0 Å². The highest BCUT2D eigenvalue weighted by Gasteiger charge is 2.14. The minimum atomic E-state index is -0.182. The van der Waals surface area contributed by atoms with Gasteiger partial charge in [-0.3, -0.25) is 14.8 Å². The number of carbonyl (C=O) groups excluding carboxylic acids is 1.